The number of esters is 1. The normalized spacial score (nSPS) is 11.7. The minimum Gasteiger partial charge on any atom is -0.466 e. The quantitative estimate of drug-likeness (QED) is 0.0288. The number of aliphatic imine (C=N–C) groups is 1. The van der Waals surface area contributed by atoms with E-state index in [2.05, 4.69) is 34.4 Å². The smallest absolute Gasteiger partial charge is 0.414 e. The number of hydrogen-bond acceptors (Lipinski definition) is 8. The molecule has 0 aliphatic carbocycles. The van der Waals surface area contributed by atoms with Crippen molar-refractivity contribution < 1.29 is 28.6 Å². The van der Waals surface area contributed by atoms with Crippen LogP contribution in [0, 0.1) is 0 Å². The molecule has 0 radical (unpaired) electrons. The van der Waals surface area contributed by atoms with Crippen LogP contribution < -0.4 is 10.6 Å². The van der Waals surface area contributed by atoms with Gasteiger partial charge in [0.1, 0.15) is 11.2 Å². The maximum absolute atomic E-state index is 12.4. The van der Waals surface area contributed by atoms with Gasteiger partial charge in [-0.2, -0.15) is 0 Å². The summed E-state index contributed by atoms with van der Waals surface area (Å²) in [6.07, 6.45) is 21.4. The van der Waals surface area contributed by atoms with Crippen LogP contribution in [0.15, 0.2) is 4.99 Å². The molecule has 2 amide bonds. The Hall–Kier alpha value is -2.36. The first kappa shape index (κ1) is 46.6. The summed E-state index contributed by atoms with van der Waals surface area (Å²) in [5.74, 6) is -0.0304. The van der Waals surface area contributed by atoms with Gasteiger partial charge in [-0.1, -0.05) is 104 Å². The van der Waals surface area contributed by atoms with Crippen molar-refractivity contribution >= 4 is 24.1 Å². The van der Waals surface area contributed by atoms with Crippen molar-refractivity contribution in [1.29, 1.82) is 0 Å². The van der Waals surface area contributed by atoms with Crippen molar-refractivity contribution in [3.63, 3.8) is 0 Å². The molecule has 0 bridgehead atoms. The summed E-state index contributed by atoms with van der Waals surface area (Å²) in [5, 5.41) is 5.12. The minimum atomic E-state index is -0.688. The van der Waals surface area contributed by atoms with Crippen LogP contribution in [0.4, 0.5) is 9.59 Å². The molecule has 0 aromatic carbocycles. The van der Waals surface area contributed by atoms with Gasteiger partial charge < -0.3 is 19.1 Å². The third-order valence-corrected chi connectivity index (χ3v) is 7.84. The van der Waals surface area contributed by atoms with Crippen molar-refractivity contribution in [2.45, 2.75) is 195 Å². The average molecular weight is 697 g/mol. The largest absolute Gasteiger partial charge is 0.466 e. The summed E-state index contributed by atoms with van der Waals surface area (Å²) in [6.45, 7) is 19.1. The van der Waals surface area contributed by atoms with Crippen LogP contribution in [0.2, 0.25) is 0 Å². The van der Waals surface area contributed by atoms with Gasteiger partial charge in [-0.15, -0.1) is 0 Å². The standard InChI is InChI=1S/C39H76N4O6/c1-9-11-13-15-17-22-26-33-47-34(44)28-23-19-18-21-25-31-43(30-24-20-16-14-12-10-2)32-27-29-40-35(41-36(45)48-38(3,4)5)42-37(46)49-39(6,7)8/h9-33H2,1-8H3,(H2,40,41,42,45,46). The fraction of sp³-hybridized carbons (Fsp3) is 0.897. The second-order valence-corrected chi connectivity index (χ2v) is 15.3. The molecule has 0 aromatic heterocycles. The van der Waals surface area contributed by atoms with Gasteiger partial charge in [-0.05, 0) is 93.3 Å². The highest BCUT2D eigenvalue weighted by molar-refractivity contribution is 6.01. The molecule has 49 heavy (non-hydrogen) atoms. The second kappa shape index (κ2) is 29.4. The van der Waals surface area contributed by atoms with E-state index in [0.717, 1.165) is 71.0 Å². The molecule has 10 nitrogen and oxygen atoms in total. The zero-order chi connectivity index (χ0) is 36.8. The number of nitrogens with one attached hydrogen (secondary N) is 2. The number of ether oxygens (including phenoxy) is 3. The van der Waals surface area contributed by atoms with Crippen LogP contribution in [0.1, 0.15) is 184 Å². The summed E-state index contributed by atoms with van der Waals surface area (Å²) >= 11 is 0. The summed E-state index contributed by atoms with van der Waals surface area (Å²) in [6, 6.07) is 0. The number of amides is 2. The van der Waals surface area contributed by atoms with E-state index in [4.69, 9.17) is 14.2 Å². The summed E-state index contributed by atoms with van der Waals surface area (Å²) < 4.78 is 16.1. The zero-order valence-electron chi connectivity index (χ0n) is 33.0. The third kappa shape index (κ3) is 33.9. The van der Waals surface area contributed by atoms with Crippen LogP contribution in [0.5, 0.6) is 0 Å². The maximum atomic E-state index is 12.4. The van der Waals surface area contributed by atoms with E-state index in [1.807, 2.05) is 0 Å². The fourth-order valence-electron chi connectivity index (χ4n) is 5.30. The Kier molecular flexibility index (Phi) is 28.0. The molecule has 0 heterocycles. The molecule has 0 unspecified atom stereocenters. The van der Waals surface area contributed by atoms with Gasteiger partial charge in [0, 0.05) is 13.0 Å². The van der Waals surface area contributed by atoms with Crippen molar-refractivity contribution in [1.82, 2.24) is 15.5 Å². The first-order valence-corrected chi connectivity index (χ1v) is 19.7. The lowest BCUT2D eigenvalue weighted by Gasteiger charge is -2.23. The van der Waals surface area contributed by atoms with Crippen molar-refractivity contribution in [3.8, 4) is 0 Å². The molecule has 0 aliphatic heterocycles. The van der Waals surface area contributed by atoms with Gasteiger partial charge in [0.15, 0.2) is 0 Å². The Morgan fingerprint density at radius 3 is 1.43 bits per heavy atom. The molecule has 10 heteroatoms. The summed E-state index contributed by atoms with van der Waals surface area (Å²) in [4.78, 5) is 43.9. The van der Waals surface area contributed by atoms with Crippen molar-refractivity contribution in [2.24, 2.45) is 4.99 Å². The van der Waals surface area contributed by atoms with Gasteiger partial charge in [0.25, 0.3) is 0 Å². The Morgan fingerprint density at radius 2 is 0.959 bits per heavy atom. The number of carbonyl (C=O) groups excluding carboxylic acids is 3. The van der Waals surface area contributed by atoms with E-state index >= 15 is 0 Å². The van der Waals surface area contributed by atoms with Gasteiger partial charge in [0.05, 0.1) is 6.61 Å². The first-order chi connectivity index (χ1) is 23.3. The number of unbranched alkanes of at least 4 members (excludes halogenated alkanes) is 15. The average Bonchev–Trinajstić information content (AvgIpc) is 2.99. The Bertz CT molecular complexity index is 850. The highest BCUT2D eigenvalue weighted by atomic mass is 16.6. The molecule has 0 aliphatic rings. The first-order valence-electron chi connectivity index (χ1n) is 19.7. The number of alkyl carbamates (subject to hydrolysis) is 2. The van der Waals surface area contributed by atoms with Crippen LogP contribution >= 0.6 is 0 Å². The van der Waals surface area contributed by atoms with E-state index in [-0.39, 0.29) is 11.9 Å². The molecule has 0 rings (SSSR count). The van der Waals surface area contributed by atoms with Crippen LogP contribution in [-0.4, -0.2) is 73.0 Å². The highest BCUT2D eigenvalue weighted by Gasteiger charge is 2.21. The van der Waals surface area contributed by atoms with Gasteiger partial charge >= 0.3 is 18.2 Å². The van der Waals surface area contributed by atoms with Gasteiger partial charge in [-0.25, -0.2) is 9.59 Å². The molecule has 0 atom stereocenters. The van der Waals surface area contributed by atoms with Crippen LogP contribution in [0.25, 0.3) is 0 Å². The Morgan fingerprint density at radius 1 is 0.551 bits per heavy atom. The SMILES string of the molecule is CCCCCCCCCOC(=O)CCCCCCCN(CCCCCCCC)CCCN=C(NC(=O)OC(C)(C)C)NC(=O)OC(C)(C)C. The molecule has 0 fully saturated rings. The van der Waals surface area contributed by atoms with Crippen LogP contribution in [-0.2, 0) is 19.0 Å². The minimum absolute atomic E-state index is 0.0210. The van der Waals surface area contributed by atoms with E-state index in [1.54, 1.807) is 41.5 Å². The number of guanidine groups is 1. The van der Waals surface area contributed by atoms with Gasteiger partial charge in [-0.3, -0.25) is 20.4 Å². The predicted octanol–water partition coefficient (Wildman–Crippen LogP) is 10.1. The Labute approximate surface area is 300 Å². The second-order valence-electron chi connectivity index (χ2n) is 15.3. The highest BCUT2D eigenvalue weighted by Crippen LogP contribution is 2.12. The van der Waals surface area contributed by atoms with Crippen molar-refractivity contribution in [2.75, 3.05) is 32.8 Å². The molecule has 288 valence electrons. The van der Waals surface area contributed by atoms with E-state index in [0.29, 0.717) is 19.6 Å². The van der Waals surface area contributed by atoms with E-state index < -0.39 is 23.4 Å². The zero-order valence-corrected chi connectivity index (χ0v) is 33.0. The molecule has 0 saturated carbocycles. The number of hydrogen-bond donors (Lipinski definition) is 2. The van der Waals surface area contributed by atoms with Crippen molar-refractivity contribution in [3.05, 3.63) is 0 Å². The lowest BCUT2D eigenvalue weighted by molar-refractivity contribution is -0.143. The molecule has 2 N–H and O–H groups in total. The monoisotopic (exact) mass is 697 g/mol. The van der Waals surface area contributed by atoms with E-state index in [9.17, 15) is 14.4 Å². The number of nitrogens with zero attached hydrogens (tertiary/aromatic N) is 2. The lowest BCUT2D eigenvalue weighted by Crippen LogP contribution is -2.47. The molecule has 0 spiro atoms. The fourth-order valence-corrected chi connectivity index (χ4v) is 5.30. The predicted molar refractivity (Wildman–Crippen MR) is 202 cm³/mol. The molecular weight excluding hydrogens is 620 g/mol. The number of carbonyl (C=O) groups is 3. The lowest BCUT2D eigenvalue weighted by atomic mass is 10.1. The molecule has 0 saturated heterocycles. The maximum Gasteiger partial charge on any atom is 0.414 e. The van der Waals surface area contributed by atoms with Crippen LogP contribution in [0.3, 0.4) is 0 Å². The topological polar surface area (TPSA) is 119 Å². The number of rotatable bonds is 27. The summed E-state index contributed by atoms with van der Waals surface area (Å²) in [5.41, 5.74) is -1.37. The Balaban J connectivity index is 4.68. The molecular formula is C39H76N4O6. The van der Waals surface area contributed by atoms with E-state index in [1.165, 1.54) is 70.6 Å². The third-order valence-electron chi connectivity index (χ3n) is 7.84. The van der Waals surface area contributed by atoms with Gasteiger partial charge in [0.2, 0.25) is 5.96 Å². The molecule has 0 aromatic rings. The summed E-state index contributed by atoms with van der Waals surface area (Å²) in [7, 11) is 0.